The summed E-state index contributed by atoms with van der Waals surface area (Å²) in [5, 5.41) is 23.7. The molecule has 3 aromatic heterocycles. The fourth-order valence-corrected chi connectivity index (χ4v) is 11.7. The number of rotatable bonds is 4. The maximum absolute atomic E-state index is 9.55. The molecule has 0 radical (unpaired) electrons. The molecule has 4 nitrogen and oxygen atoms in total. The van der Waals surface area contributed by atoms with Crippen molar-refractivity contribution in [1.82, 2.24) is 14.5 Å². The van der Waals surface area contributed by atoms with E-state index < -0.39 is 0 Å². The van der Waals surface area contributed by atoms with Gasteiger partial charge in [-0.15, -0.1) is 22.7 Å². The second kappa shape index (κ2) is 13.2. The molecule has 6 heteroatoms. The van der Waals surface area contributed by atoms with E-state index in [0.29, 0.717) is 5.56 Å². The normalized spacial score (nSPS) is 11.9. The Bertz CT molecular complexity index is 3660. The lowest BCUT2D eigenvalue weighted by molar-refractivity contribution is 1.18. The zero-order valence-electron chi connectivity index (χ0n) is 32.4. The molecule has 0 aliphatic rings. The Hall–Kier alpha value is -7.69. The van der Waals surface area contributed by atoms with E-state index in [9.17, 15) is 5.26 Å². The van der Waals surface area contributed by atoms with Crippen molar-refractivity contribution >= 4 is 108 Å². The Morgan fingerprint density at radius 1 is 0.377 bits per heavy atom. The van der Waals surface area contributed by atoms with Crippen molar-refractivity contribution in [3.8, 4) is 44.0 Å². The summed E-state index contributed by atoms with van der Waals surface area (Å²) in [6.07, 6.45) is 0. The lowest BCUT2D eigenvalue weighted by atomic mass is 10.0. The monoisotopic (exact) mass is 810 g/mol. The molecule has 0 bridgehead atoms. The van der Waals surface area contributed by atoms with E-state index in [1.165, 1.54) is 52.5 Å². The van der Waals surface area contributed by atoms with Crippen LogP contribution in [-0.4, -0.2) is 14.5 Å². The molecule has 10 aromatic carbocycles. The molecule has 61 heavy (non-hydrogen) atoms. The molecule has 13 aromatic rings. The molecule has 282 valence electrons. The van der Waals surface area contributed by atoms with E-state index in [1.54, 1.807) is 22.7 Å². The first-order chi connectivity index (χ1) is 30.2. The summed E-state index contributed by atoms with van der Waals surface area (Å²) in [6, 6.07) is 67.0. The Morgan fingerprint density at radius 3 is 1.31 bits per heavy atom. The first-order valence-electron chi connectivity index (χ1n) is 20.3. The molecule has 0 fully saturated rings. The van der Waals surface area contributed by atoms with Crippen molar-refractivity contribution in [3.63, 3.8) is 0 Å². The van der Waals surface area contributed by atoms with E-state index in [-0.39, 0.29) is 0 Å². The highest BCUT2D eigenvalue weighted by Gasteiger charge is 2.20. The van der Waals surface area contributed by atoms with Crippen LogP contribution in [0.5, 0.6) is 0 Å². The summed E-state index contributed by atoms with van der Waals surface area (Å²) in [4.78, 5) is 10.8. The number of thiazole rings is 2. The first kappa shape index (κ1) is 34.2. The van der Waals surface area contributed by atoms with Crippen LogP contribution >= 0.6 is 22.7 Å². The molecule has 0 N–H and O–H groups in total. The standard InChI is InChI=1S/C55H30N4S2/c56-31-32-10-9-11-34(28-32)33-20-24-37(25-21-33)59-48-26-22-35(54-57-50-42-16-5-1-12-38(42)40-14-3-7-18-44(40)52(50)60-54)29-46(48)47-30-36(23-27-49(47)59)55-58-51-43-17-6-2-13-39(43)41-15-4-8-19-45(41)53(51)61-55/h1-30H. The molecule has 0 atom stereocenters. The highest BCUT2D eigenvalue weighted by molar-refractivity contribution is 7.23. The lowest BCUT2D eigenvalue weighted by Gasteiger charge is -2.10. The third kappa shape index (κ3) is 5.15. The van der Waals surface area contributed by atoms with Crippen LogP contribution in [0.25, 0.3) is 123 Å². The molecular formula is C55H30N4S2. The van der Waals surface area contributed by atoms with Gasteiger partial charge in [0.2, 0.25) is 0 Å². The second-order valence-electron chi connectivity index (χ2n) is 15.6. The SMILES string of the molecule is N#Cc1cccc(-c2ccc(-n3c4ccc(-c5nc6c7ccccc7c7ccccc7c6s5)cc4c4cc(-c5nc6c7ccccc7c7ccccc7c6s5)ccc43)cc2)c1. The zero-order valence-corrected chi connectivity index (χ0v) is 34.1. The number of aromatic nitrogens is 3. The Labute approximate surface area is 357 Å². The van der Waals surface area contributed by atoms with Crippen LogP contribution in [0.15, 0.2) is 182 Å². The van der Waals surface area contributed by atoms with Gasteiger partial charge in [-0.1, -0.05) is 121 Å². The summed E-state index contributed by atoms with van der Waals surface area (Å²) in [5.74, 6) is 0. The number of fused-ring (bicyclic) bond motifs is 15. The van der Waals surface area contributed by atoms with Crippen molar-refractivity contribution in [2.24, 2.45) is 0 Å². The number of benzene rings is 10. The highest BCUT2D eigenvalue weighted by atomic mass is 32.1. The van der Waals surface area contributed by atoms with Gasteiger partial charge < -0.3 is 4.57 Å². The summed E-state index contributed by atoms with van der Waals surface area (Å²) in [5.41, 5.74) is 10.3. The third-order valence-corrected chi connectivity index (χ3v) is 14.5. The zero-order chi connectivity index (χ0) is 40.2. The van der Waals surface area contributed by atoms with Gasteiger partial charge >= 0.3 is 0 Å². The molecule has 0 unspecified atom stereocenters. The number of nitrogens with zero attached hydrogens (tertiary/aromatic N) is 4. The van der Waals surface area contributed by atoms with E-state index in [1.807, 2.05) is 18.2 Å². The quantitative estimate of drug-likeness (QED) is 0.166. The minimum absolute atomic E-state index is 0.652. The molecule has 0 amide bonds. The van der Waals surface area contributed by atoms with Crippen molar-refractivity contribution in [1.29, 1.82) is 5.26 Å². The van der Waals surface area contributed by atoms with Crippen molar-refractivity contribution < 1.29 is 0 Å². The lowest BCUT2D eigenvalue weighted by Crippen LogP contribution is -1.94. The fraction of sp³-hybridized carbons (Fsp3) is 0. The van der Waals surface area contributed by atoms with Crippen LogP contribution in [0.2, 0.25) is 0 Å². The maximum Gasteiger partial charge on any atom is 0.124 e. The Kier molecular flexibility index (Phi) is 7.38. The third-order valence-electron chi connectivity index (χ3n) is 12.3. The van der Waals surface area contributed by atoms with Gasteiger partial charge in [0, 0.05) is 49.1 Å². The van der Waals surface area contributed by atoms with Crippen molar-refractivity contribution in [2.45, 2.75) is 0 Å². The van der Waals surface area contributed by atoms with Crippen molar-refractivity contribution in [2.75, 3.05) is 0 Å². The van der Waals surface area contributed by atoms with Gasteiger partial charge in [0.1, 0.15) is 10.0 Å². The minimum Gasteiger partial charge on any atom is -0.309 e. The Balaban J connectivity index is 1.03. The smallest absolute Gasteiger partial charge is 0.124 e. The molecule has 0 aliphatic carbocycles. The number of nitriles is 1. The van der Waals surface area contributed by atoms with Gasteiger partial charge in [0.05, 0.1) is 43.1 Å². The average Bonchev–Trinajstić information content (AvgIpc) is 4.07. The van der Waals surface area contributed by atoms with Gasteiger partial charge in [0.25, 0.3) is 0 Å². The van der Waals surface area contributed by atoms with Gasteiger partial charge in [-0.25, -0.2) is 9.97 Å². The summed E-state index contributed by atoms with van der Waals surface area (Å²) in [7, 11) is 0. The Morgan fingerprint density at radius 2 is 0.820 bits per heavy atom. The molecule has 0 saturated heterocycles. The maximum atomic E-state index is 9.55. The van der Waals surface area contributed by atoms with Gasteiger partial charge in [-0.2, -0.15) is 5.26 Å². The number of hydrogen-bond donors (Lipinski definition) is 0. The van der Waals surface area contributed by atoms with Crippen molar-refractivity contribution in [3.05, 3.63) is 188 Å². The summed E-state index contributed by atoms with van der Waals surface area (Å²) in [6.45, 7) is 0. The van der Waals surface area contributed by atoms with Crippen LogP contribution in [-0.2, 0) is 0 Å². The molecule has 3 heterocycles. The van der Waals surface area contributed by atoms with E-state index >= 15 is 0 Å². The summed E-state index contributed by atoms with van der Waals surface area (Å²) < 4.78 is 4.79. The molecule has 0 spiro atoms. The van der Waals surface area contributed by atoms with Gasteiger partial charge in [-0.3, -0.25) is 0 Å². The predicted molar refractivity (Wildman–Crippen MR) is 258 cm³/mol. The first-order valence-corrected chi connectivity index (χ1v) is 21.9. The topological polar surface area (TPSA) is 54.5 Å². The molecule has 13 rings (SSSR count). The summed E-state index contributed by atoms with van der Waals surface area (Å²) >= 11 is 3.54. The molecule has 0 aliphatic heterocycles. The predicted octanol–water partition coefficient (Wildman–Crippen LogP) is 15.5. The van der Waals surface area contributed by atoms with Crippen LogP contribution in [0.3, 0.4) is 0 Å². The van der Waals surface area contributed by atoms with E-state index in [0.717, 1.165) is 70.8 Å². The fourth-order valence-electron chi connectivity index (χ4n) is 9.44. The molecular weight excluding hydrogens is 781 g/mol. The van der Waals surface area contributed by atoms with E-state index in [2.05, 4.69) is 174 Å². The second-order valence-corrected chi connectivity index (χ2v) is 17.6. The average molecular weight is 811 g/mol. The largest absolute Gasteiger partial charge is 0.309 e. The molecule has 0 saturated carbocycles. The van der Waals surface area contributed by atoms with Gasteiger partial charge in [0.15, 0.2) is 0 Å². The van der Waals surface area contributed by atoms with E-state index in [4.69, 9.17) is 9.97 Å². The minimum atomic E-state index is 0.652. The van der Waals surface area contributed by atoms with Crippen LogP contribution < -0.4 is 0 Å². The van der Waals surface area contributed by atoms with Crippen LogP contribution in [0.1, 0.15) is 5.56 Å². The van der Waals surface area contributed by atoms with Crippen LogP contribution in [0.4, 0.5) is 0 Å². The van der Waals surface area contributed by atoms with Gasteiger partial charge in [-0.05, 0) is 93.3 Å². The highest BCUT2D eigenvalue weighted by Crippen LogP contribution is 2.45. The number of hydrogen-bond acceptors (Lipinski definition) is 5. The van der Waals surface area contributed by atoms with Crippen LogP contribution in [0, 0.1) is 11.3 Å².